The maximum absolute atomic E-state index is 12.5. The quantitative estimate of drug-likeness (QED) is 0.512. The van der Waals surface area contributed by atoms with Gasteiger partial charge in [0, 0.05) is 12.6 Å². The van der Waals surface area contributed by atoms with Crippen molar-refractivity contribution in [1.82, 2.24) is 4.31 Å². The zero-order valence-electron chi connectivity index (χ0n) is 10.4. The molecule has 7 nitrogen and oxygen atoms in total. The number of nitro groups is 1. The molecule has 2 rings (SSSR count). The van der Waals surface area contributed by atoms with Crippen molar-refractivity contribution in [3.05, 3.63) is 28.3 Å². The van der Waals surface area contributed by atoms with E-state index in [0.29, 0.717) is 6.54 Å². The van der Waals surface area contributed by atoms with Gasteiger partial charge in [0.15, 0.2) is 4.90 Å². The highest BCUT2D eigenvalue weighted by atomic mass is 32.2. The van der Waals surface area contributed by atoms with Crippen LogP contribution >= 0.6 is 0 Å². The Bertz CT molecular complexity index is 614. The molecule has 1 heterocycles. The number of hydrogen-bond acceptors (Lipinski definition) is 5. The summed E-state index contributed by atoms with van der Waals surface area (Å²) in [5.74, 6) is 0. The molecule has 0 spiro atoms. The highest BCUT2D eigenvalue weighted by molar-refractivity contribution is 7.89. The van der Waals surface area contributed by atoms with E-state index in [2.05, 4.69) is 0 Å². The maximum Gasteiger partial charge on any atom is 0.312 e. The monoisotopic (exact) mass is 285 g/mol. The van der Waals surface area contributed by atoms with Gasteiger partial charge in [0.05, 0.1) is 4.92 Å². The molecule has 1 aromatic rings. The van der Waals surface area contributed by atoms with E-state index < -0.39 is 20.6 Å². The third-order valence-corrected chi connectivity index (χ3v) is 5.34. The number of rotatable bonds is 3. The second-order valence-electron chi connectivity index (χ2n) is 4.56. The lowest BCUT2D eigenvalue weighted by Gasteiger charge is -2.20. The van der Waals surface area contributed by atoms with Crippen LogP contribution in [0.25, 0.3) is 0 Å². The van der Waals surface area contributed by atoms with E-state index in [-0.39, 0.29) is 16.6 Å². The molecule has 0 bridgehead atoms. The fourth-order valence-electron chi connectivity index (χ4n) is 2.33. The molecule has 1 aromatic carbocycles. The summed E-state index contributed by atoms with van der Waals surface area (Å²) in [6, 6.07) is 3.82. The summed E-state index contributed by atoms with van der Waals surface area (Å²) in [7, 11) is -3.87. The number of nitrogen functional groups attached to an aromatic ring is 1. The van der Waals surface area contributed by atoms with Gasteiger partial charge in [-0.3, -0.25) is 10.1 Å². The summed E-state index contributed by atoms with van der Waals surface area (Å²) in [6.07, 6.45) is 1.52. The lowest BCUT2D eigenvalue weighted by Crippen LogP contribution is -2.34. The van der Waals surface area contributed by atoms with Gasteiger partial charge in [0.1, 0.15) is 5.69 Å². The molecule has 104 valence electrons. The van der Waals surface area contributed by atoms with E-state index in [4.69, 9.17) is 5.73 Å². The number of para-hydroxylation sites is 1. The van der Waals surface area contributed by atoms with Crippen molar-refractivity contribution in [2.24, 2.45) is 0 Å². The van der Waals surface area contributed by atoms with Crippen molar-refractivity contribution in [1.29, 1.82) is 0 Å². The Morgan fingerprint density at radius 2 is 2.16 bits per heavy atom. The van der Waals surface area contributed by atoms with Gasteiger partial charge in [-0.25, -0.2) is 8.42 Å². The van der Waals surface area contributed by atoms with Gasteiger partial charge in [-0.1, -0.05) is 6.07 Å². The Labute approximate surface area is 111 Å². The lowest BCUT2D eigenvalue weighted by atomic mass is 10.3. The highest BCUT2D eigenvalue weighted by Crippen LogP contribution is 2.34. The Hall–Kier alpha value is -1.67. The number of anilines is 1. The van der Waals surface area contributed by atoms with Crippen LogP contribution in [0, 0.1) is 10.1 Å². The first-order valence-corrected chi connectivity index (χ1v) is 7.34. The van der Waals surface area contributed by atoms with Gasteiger partial charge >= 0.3 is 5.69 Å². The normalized spacial score (nSPS) is 20.6. The van der Waals surface area contributed by atoms with Crippen LogP contribution in [0.3, 0.4) is 0 Å². The van der Waals surface area contributed by atoms with Crippen LogP contribution in [-0.2, 0) is 10.0 Å². The molecule has 1 atom stereocenters. The number of nitrogens with zero attached hydrogens (tertiary/aromatic N) is 2. The summed E-state index contributed by atoms with van der Waals surface area (Å²) in [5, 5.41) is 11.0. The standard InChI is InChI=1S/C11H15N3O4S/c1-8-4-3-7-13(8)19(17,18)10-6-2-5-9(12)11(10)14(15)16/h2,5-6,8H,3-4,7,12H2,1H3. The molecule has 8 heteroatoms. The van der Waals surface area contributed by atoms with Crippen LogP contribution in [0.4, 0.5) is 11.4 Å². The third-order valence-electron chi connectivity index (χ3n) is 3.29. The zero-order chi connectivity index (χ0) is 14.2. The number of benzene rings is 1. The van der Waals surface area contributed by atoms with Crippen molar-refractivity contribution < 1.29 is 13.3 Å². The van der Waals surface area contributed by atoms with Crippen LogP contribution < -0.4 is 5.73 Å². The van der Waals surface area contributed by atoms with Gasteiger partial charge in [-0.15, -0.1) is 0 Å². The molecule has 1 unspecified atom stereocenters. The molecule has 1 aliphatic heterocycles. The van der Waals surface area contributed by atoms with Gasteiger partial charge in [0.2, 0.25) is 10.0 Å². The van der Waals surface area contributed by atoms with Crippen LogP contribution in [0.5, 0.6) is 0 Å². The summed E-state index contributed by atoms with van der Waals surface area (Å²) in [4.78, 5) is 9.95. The summed E-state index contributed by atoms with van der Waals surface area (Å²) in [5.41, 5.74) is 4.85. The molecule has 0 saturated carbocycles. The zero-order valence-corrected chi connectivity index (χ0v) is 11.3. The summed E-state index contributed by atoms with van der Waals surface area (Å²) in [6.45, 7) is 2.18. The van der Waals surface area contributed by atoms with E-state index in [9.17, 15) is 18.5 Å². The van der Waals surface area contributed by atoms with E-state index in [0.717, 1.165) is 12.8 Å². The van der Waals surface area contributed by atoms with Crippen molar-refractivity contribution in [3.63, 3.8) is 0 Å². The minimum atomic E-state index is -3.87. The first-order chi connectivity index (χ1) is 8.85. The molecule has 1 aliphatic rings. The molecule has 0 aliphatic carbocycles. The smallest absolute Gasteiger partial charge is 0.312 e. The fraction of sp³-hybridized carbons (Fsp3) is 0.455. The fourth-order valence-corrected chi connectivity index (χ4v) is 4.22. The number of nitro benzene ring substituents is 1. The van der Waals surface area contributed by atoms with Crippen LogP contribution in [0.1, 0.15) is 19.8 Å². The number of sulfonamides is 1. The predicted octanol–water partition coefficient (Wildman–Crippen LogP) is 1.35. The van der Waals surface area contributed by atoms with Crippen molar-refractivity contribution in [2.75, 3.05) is 12.3 Å². The Kier molecular flexibility index (Phi) is 3.46. The van der Waals surface area contributed by atoms with Crippen LogP contribution in [0.2, 0.25) is 0 Å². The van der Waals surface area contributed by atoms with E-state index >= 15 is 0 Å². The minimum absolute atomic E-state index is 0.141. The Morgan fingerprint density at radius 3 is 2.68 bits per heavy atom. The van der Waals surface area contributed by atoms with Crippen molar-refractivity contribution in [3.8, 4) is 0 Å². The van der Waals surface area contributed by atoms with E-state index in [1.54, 1.807) is 6.92 Å². The molecule has 0 radical (unpaired) electrons. The molecule has 19 heavy (non-hydrogen) atoms. The molecule has 1 saturated heterocycles. The van der Waals surface area contributed by atoms with Crippen molar-refractivity contribution in [2.45, 2.75) is 30.7 Å². The first kappa shape index (κ1) is 13.8. The van der Waals surface area contributed by atoms with Gasteiger partial charge in [-0.2, -0.15) is 4.31 Å². The molecule has 0 amide bonds. The highest BCUT2D eigenvalue weighted by Gasteiger charge is 2.37. The molecule has 0 aromatic heterocycles. The molecule has 1 fully saturated rings. The largest absolute Gasteiger partial charge is 0.393 e. The van der Waals surface area contributed by atoms with E-state index in [1.807, 2.05) is 0 Å². The minimum Gasteiger partial charge on any atom is -0.393 e. The van der Waals surface area contributed by atoms with Gasteiger partial charge in [0.25, 0.3) is 0 Å². The Balaban J connectivity index is 2.58. The summed E-state index contributed by atoms with van der Waals surface area (Å²) < 4.78 is 26.3. The SMILES string of the molecule is CC1CCCN1S(=O)(=O)c1cccc(N)c1[N+](=O)[O-]. The van der Waals surface area contributed by atoms with Gasteiger partial charge < -0.3 is 5.73 Å². The third kappa shape index (κ3) is 2.28. The second-order valence-corrected chi connectivity index (χ2v) is 6.42. The topological polar surface area (TPSA) is 107 Å². The first-order valence-electron chi connectivity index (χ1n) is 5.90. The molecule has 2 N–H and O–H groups in total. The summed E-state index contributed by atoms with van der Waals surface area (Å²) >= 11 is 0. The maximum atomic E-state index is 12.5. The van der Waals surface area contributed by atoms with Crippen molar-refractivity contribution >= 4 is 21.4 Å². The molecular weight excluding hydrogens is 270 g/mol. The number of nitrogens with two attached hydrogens (primary N) is 1. The second kappa shape index (κ2) is 4.78. The number of hydrogen-bond donors (Lipinski definition) is 1. The van der Waals surface area contributed by atoms with Crippen LogP contribution in [-0.4, -0.2) is 30.2 Å². The van der Waals surface area contributed by atoms with E-state index in [1.165, 1.54) is 22.5 Å². The Morgan fingerprint density at radius 1 is 1.47 bits per heavy atom. The predicted molar refractivity (Wildman–Crippen MR) is 70.1 cm³/mol. The van der Waals surface area contributed by atoms with Crippen LogP contribution in [0.15, 0.2) is 23.1 Å². The lowest BCUT2D eigenvalue weighted by molar-refractivity contribution is -0.386. The van der Waals surface area contributed by atoms with Gasteiger partial charge in [-0.05, 0) is 31.9 Å². The average Bonchev–Trinajstić information content (AvgIpc) is 2.75. The average molecular weight is 285 g/mol. The molecular formula is C11H15N3O4S.